The van der Waals surface area contributed by atoms with Crippen LogP contribution in [-0.2, 0) is 7.05 Å². The van der Waals surface area contributed by atoms with Crippen LogP contribution in [0, 0.1) is 6.92 Å². The molecule has 5 heteroatoms. The van der Waals surface area contributed by atoms with E-state index in [0.29, 0.717) is 10.8 Å². The molecule has 3 rings (SSSR count). The van der Waals surface area contributed by atoms with E-state index in [9.17, 15) is 4.79 Å². The highest BCUT2D eigenvalue weighted by Gasteiger charge is 2.13. The first kappa shape index (κ1) is 11.9. The summed E-state index contributed by atoms with van der Waals surface area (Å²) in [7, 11) is 1.89. The number of carbonyl (C=O) groups is 1. The number of fused-ring (bicyclic) bond motifs is 1. The van der Waals surface area contributed by atoms with Crippen LogP contribution in [0.15, 0.2) is 36.4 Å². The van der Waals surface area contributed by atoms with Gasteiger partial charge in [-0.05, 0) is 31.2 Å². The summed E-state index contributed by atoms with van der Waals surface area (Å²) < 4.78 is 1.88. The van der Waals surface area contributed by atoms with Gasteiger partial charge in [0.05, 0.1) is 15.9 Å². The number of nitrogens with one attached hydrogen (secondary N) is 1. The van der Waals surface area contributed by atoms with Gasteiger partial charge < -0.3 is 4.57 Å². The molecule has 2 aromatic heterocycles. The molecule has 1 aromatic carbocycles. The first-order valence-corrected chi connectivity index (χ1v) is 6.76. The van der Waals surface area contributed by atoms with E-state index >= 15 is 0 Å². The van der Waals surface area contributed by atoms with Crippen molar-refractivity contribution in [2.75, 3.05) is 5.32 Å². The molecule has 0 radical (unpaired) electrons. The van der Waals surface area contributed by atoms with Gasteiger partial charge in [0, 0.05) is 11.9 Å². The fraction of sp³-hybridized carbons (Fsp3) is 0.143. The third-order valence-electron chi connectivity index (χ3n) is 2.98. The minimum atomic E-state index is -0.114. The lowest BCUT2D eigenvalue weighted by Gasteiger charge is -2.03. The van der Waals surface area contributed by atoms with Crippen LogP contribution in [0.1, 0.15) is 14.5 Å². The van der Waals surface area contributed by atoms with Crippen LogP contribution in [0.3, 0.4) is 0 Å². The first-order valence-electron chi connectivity index (χ1n) is 5.94. The van der Waals surface area contributed by atoms with Crippen LogP contribution in [-0.4, -0.2) is 15.5 Å². The van der Waals surface area contributed by atoms with Crippen LogP contribution >= 0.6 is 11.3 Å². The second-order valence-corrected chi connectivity index (χ2v) is 5.64. The largest absolute Gasteiger partial charge is 0.313 e. The molecule has 0 spiro atoms. The molecule has 0 fully saturated rings. The lowest BCUT2D eigenvalue weighted by atomic mass is 10.3. The standard InChI is InChI=1S/C14H13N3OS/c1-9-7-8-12(19-9)13(18)16-14-15-10-5-3-4-6-11(10)17(14)2/h3-8H,1-2H3,(H,15,16,18). The van der Waals surface area contributed by atoms with Gasteiger partial charge in [0.2, 0.25) is 5.95 Å². The maximum absolute atomic E-state index is 12.1. The lowest BCUT2D eigenvalue weighted by Crippen LogP contribution is -2.13. The van der Waals surface area contributed by atoms with E-state index in [1.165, 1.54) is 11.3 Å². The number of imidazole rings is 1. The highest BCUT2D eigenvalue weighted by molar-refractivity contribution is 7.14. The third-order valence-corrected chi connectivity index (χ3v) is 3.98. The Labute approximate surface area is 114 Å². The van der Waals surface area contributed by atoms with Crippen molar-refractivity contribution in [2.45, 2.75) is 6.92 Å². The van der Waals surface area contributed by atoms with Crippen LogP contribution < -0.4 is 5.32 Å². The third kappa shape index (κ3) is 2.13. The first-order chi connectivity index (χ1) is 9.15. The van der Waals surface area contributed by atoms with Crippen molar-refractivity contribution in [1.29, 1.82) is 0 Å². The zero-order valence-corrected chi connectivity index (χ0v) is 11.5. The monoisotopic (exact) mass is 271 g/mol. The quantitative estimate of drug-likeness (QED) is 0.778. The Morgan fingerprint density at radius 1 is 1.26 bits per heavy atom. The second-order valence-electron chi connectivity index (χ2n) is 4.35. The van der Waals surface area contributed by atoms with Crippen molar-refractivity contribution < 1.29 is 4.79 Å². The second kappa shape index (κ2) is 4.51. The Kier molecular flexibility index (Phi) is 2.83. The number of nitrogens with zero attached hydrogens (tertiary/aromatic N) is 2. The lowest BCUT2D eigenvalue weighted by molar-refractivity contribution is 0.102. The Bertz CT molecular complexity index is 757. The minimum absolute atomic E-state index is 0.114. The van der Waals surface area contributed by atoms with Gasteiger partial charge in [-0.25, -0.2) is 4.98 Å². The molecule has 1 N–H and O–H groups in total. The van der Waals surface area contributed by atoms with E-state index in [-0.39, 0.29) is 5.91 Å². The average Bonchev–Trinajstić information content (AvgIpc) is 2.96. The van der Waals surface area contributed by atoms with Crippen molar-refractivity contribution in [3.63, 3.8) is 0 Å². The number of aryl methyl sites for hydroxylation is 2. The Morgan fingerprint density at radius 2 is 2.05 bits per heavy atom. The summed E-state index contributed by atoms with van der Waals surface area (Å²) >= 11 is 1.48. The topological polar surface area (TPSA) is 46.9 Å². The van der Waals surface area contributed by atoms with Gasteiger partial charge >= 0.3 is 0 Å². The molecular formula is C14H13N3OS. The van der Waals surface area contributed by atoms with Crippen molar-refractivity contribution in [2.24, 2.45) is 7.05 Å². The zero-order valence-electron chi connectivity index (χ0n) is 10.7. The molecule has 0 atom stereocenters. The normalized spacial score (nSPS) is 10.8. The summed E-state index contributed by atoms with van der Waals surface area (Å²) in [6.45, 7) is 1.98. The van der Waals surface area contributed by atoms with Gasteiger partial charge in [-0.1, -0.05) is 12.1 Å². The van der Waals surface area contributed by atoms with Gasteiger partial charge in [-0.15, -0.1) is 11.3 Å². The van der Waals surface area contributed by atoms with Gasteiger partial charge in [-0.3, -0.25) is 10.1 Å². The van der Waals surface area contributed by atoms with Gasteiger partial charge in [0.15, 0.2) is 0 Å². The number of para-hydroxylation sites is 2. The van der Waals surface area contributed by atoms with E-state index < -0.39 is 0 Å². The zero-order chi connectivity index (χ0) is 13.4. The molecule has 3 aromatic rings. The molecule has 19 heavy (non-hydrogen) atoms. The molecule has 0 saturated heterocycles. The van der Waals surface area contributed by atoms with Crippen molar-refractivity contribution in [1.82, 2.24) is 9.55 Å². The Morgan fingerprint density at radius 3 is 2.74 bits per heavy atom. The number of hydrogen-bond acceptors (Lipinski definition) is 3. The molecule has 0 bridgehead atoms. The molecule has 1 amide bonds. The molecule has 2 heterocycles. The molecule has 4 nitrogen and oxygen atoms in total. The number of anilines is 1. The SMILES string of the molecule is Cc1ccc(C(=O)Nc2nc3ccccc3n2C)s1. The summed E-state index contributed by atoms with van der Waals surface area (Å²) in [6.07, 6.45) is 0. The average molecular weight is 271 g/mol. The van der Waals surface area contributed by atoms with E-state index in [0.717, 1.165) is 15.9 Å². The Balaban J connectivity index is 1.93. The highest BCUT2D eigenvalue weighted by Crippen LogP contribution is 2.20. The Hall–Kier alpha value is -2.14. The summed E-state index contributed by atoms with van der Waals surface area (Å²) in [5.41, 5.74) is 1.88. The van der Waals surface area contributed by atoms with Gasteiger partial charge in [-0.2, -0.15) is 0 Å². The smallest absolute Gasteiger partial charge is 0.268 e. The maximum Gasteiger partial charge on any atom is 0.268 e. The molecule has 0 aliphatic rings. The minimum Gasteiger partial charge on any atom is -0.313 e. The van der Waals surface area contributed by atoms with Crippen LogP contribution in [0.4, 0.5) is 5.95 Å². The molecule has 0 unspecified atom stereocenters. The predicted molar refractivity (Wildman–Crippen MR) is 77.7 cm³/mol. The van der Waals surface area contributed by atoms with Crippen LogP contribution in [0.5, 0.6) is 0 Å². The van der Waals surface area contributed by atoms with Crippen LogP contribution in [0.25, 0.3) is 11.0 Å². The summed E-state index contributed by atoms with van der Waals surface area (Å²) in [5.74, 6) is 0.453. The van der Waals surface area contributed by atoms with E-state index in [1.807, 2.05) is 54.9 Å². The number of carbonyl (C=O) groups excluding carboxylic acids is 1. The molecule has 0 aliphatic carbocycles. The number of thiophene rings is 1. The number of hydrogen-bond donors (Lipinski definition) is 1. The fourth-order valence-corrected chi connectivity index (χ4v) is 2.74. The number of benzene rings is 1. The van der Waals surface area contributed by atoms with Gasteiger partial charge in [0.1, 0.15) is 0 Å². The van der Waals surface area contributed by atoms with Gasteiger partial charge in [0.25, 0.3) is 5.91 Å². The number of rotatable bonds is 2. The molecule has 96 valence electrons. The fourth-order valence-electron chi connectivity index (χ4n) is 1.98. The van der Waals surface area contributed by atoms with Crippen LogP contribution in [0.2, 0.25) is 0 Å². The predicted octanol–water partition coefficient (Wildman–Crippen LogP) is 3.20. The van der Waals surface area contributed by atoms with E-state index in [1.54, 1.807) is 0 Å². The number of amides is 1. The highest BCUT2D eigenvalue weighted by atomic mass is 32.1. The van der Waals surface area contributed by atoms with Crippen molar-refractivity contribution in [3.05, 3.63) is 46.2 Å². The number of aromatic nitrogens is 2. The van der Waals surface area contributed by atoms with E-state index in [4.69, 9.17) is 0 Å². The summed E-state index contributed by atoms with van der Waals surface area (Å²) in [4.78, 5) is 18.3. The summed E-state index contributed by atoms with van der Waals surface area (Å²) in [5, 5.41) is 2.85. The van der Waals surface area contributed by atoms with E-state index in [2.05, 4.69) is 10.3 Å². The molecular weight excluding hydrogens is 258 g/mol. The maximum atomic E-state index is 12.1. The molecule has 0 saturated carbocycles. The summed E-state index contributed by atoms with van der Waals surface area (Å²) in [6, 6.07) is 11.6. The van der Waals surface area contributed by atoms with Crippen molar-refractivity contribution >= 4 is 34.2 Å². The van der Waals surface area contributed by atoms with Crippen molar-refractivity contribution in [3.8, 4) is 0 Å². The molecule has 0 aliphatic heterocycles.